The second kappa shape index (κ2) is 4.55. The molecule has 0 unspecified atom stereocenters. The molecule has 1 heterocycles. The minimum atomic E-state index is -1.16. The van der Waals surface area contributed by atoms with Crippen LogP contribution in [0.2, 0.25) is 0 Å². The maximum absolute atomic E-state index is 13.2. The fourth-order valence-electron chi connectivity index (χ4n) is 1.52. The Morgan fingerprint density at radius 3 is 2.76 bits per heavy atom. The molecule has 0 fully saturated rings. The number of hydrogen-bond donors (Lipinski definition) is 2. The van der Waals surface area contributed by atoms with Crippen molar-refractivity contribution in [1.29, 1.82) is 0 Å². The van der Waals surface area contributed by atoms with E-state index < -0.39 is 6.09 Å². The molecule has 3 nitrogen and oxygen atoms in total. The molecule has 1 aromatic heterocycles. The predicted molar refractivity (Wildman–Crippen MR) is 66.1 cm³/mol. The summed E-state index contributed by atoms with van der Waals surface area (Å²) >= 11 is 1.45. The molecule has 1 aromatic carbocycles. The Bertz CT molecular complexity index is 565. The zero-order valence-electron chi connectivity index (χ0n) is 9.03. The van der Waals surface area contributed by atoms with Crippen molar-refractivity contribution in [3.05, 3.63) is 41.0 Å². The molecule has 0 bridgehead atoms. The first-order chi connectivity index (χ1) is 8.06. The van der Waals surface area contributed by atoms with Gasteiger partial charge in [-0.05, 0) is 42.1 Å². The van der Waals surface area contributed by atoms with Crippen molar-refractivity contribution in [2.24, 2.45) is 0 Å². The maximum atomic E-state index is 13.2. The molecule has 0 atom stereocenters. The predicted octanol–water partition coefficient (Wildman–Crippen LogP) is 3.95. The van der Waals surface area contributed by atoms with Crippen molar-refractivity contribution < 1.29 is 14.3 Å². The largest absolute Gasteiger partial charge is 0.465 e. The van der Waals surface area contributed by atoms with Crippen LogP contribution in [0.25, 0.3) is 10.4 Å². The number of anilines is 1. The van der Waals surface area contributed by atoms with Crippen LogP contribution in [0.3, 0.4) is 0 Å². The van der Waals surface area contributed by atoms with Gasteiger partial charge in [0.1, 0.15) is 5.82 Å². The summed E-state index contributed by atoms with van der Waals surface area (Å²) in [6.45, 7) is 1.93. The number of benzene rings is 1. The van der Waals surface area contributed by atoms with E-state index in [1.165, 1.54) is 29.5 Å². The molecule has 2 rings (SSSR count). The van der Waals surface area contributed by atoms with Crippen LogP contribution < -0.4 is 5.32 Å². The molecule has 0 spiro atoms. The molecule has 2 aromatic rings. The summed E-state index contributed by atoms with van der Waals surface area (Å²) in [4.78, 5) is 11.5. The number of nitrogens with one attached hydrogen (secondary N) is 1. The van der Waals surface area contributed by atoms with E-state index in [2.05, 4.69) is 5.32 Å². The van der Waals surface area contributed by atoms with E-state index in [0.29, 0.717) is 11.3 Å². The number of thiophene rings is 1. The Kier molecular flexibility index (Phi) is 3.10. The number of rotatable bonds is 2. The van der Waals surface area contributed by atoms with E-state index in [0.717, 1.165) is 10.4 Å². The molecule has 0 aliphatic heterocycles. The Balaban J connectivity index is 2.50. The zero-order chi connectivity index (χ0) is 12.4. The smallest absolute Gasteiger partial charge is 0.409 e. The highest BCUT2D eigenvalue weighted by atomic mass is 32.1. The molecule has 0 aliphatic carbocycles. The van der Waals surface area contributed by atoms with Gasteiger partial charge < -0.3 is 5.11 Å². The molecule has 0 radical (unpaired) electrons. The molecule has 0 saturated heterocycles. The Labute approximate surface area is 102 Å². The Morgan fingerprint density at radius 2 is 2.18 bits per heavy atom. The van der Waals surface area contributed by atoms with E-state index in [4.69, 9.17) is 5.11 Å². The third-order valence-corrected chi connectivity index (χ3v) is 3.30. The monoisotopic (exact) mass is 251 g/mol. The van der Waals surface area contributed by atoms with Crippen LogP contribution in [0.1, 0.15) is 5.56 Å². The number of aryl methyl sites for hydroxylation is 1. The van der Waals surface area contributed by atoms with Gasteiger partial charge in [0, 0.05) is 10.4 Å². The summed E-state index contributed by atoms with van der Waals surface area (Å²) < 4.78 is 13.2. The Morgan fingerprint density at radius 1 is 1.41 bits per heavy atom. The maximum Gasteiger partial charge on any atom is 0.409 e. The molecule has 88 valence electrons. The minimum Gasteiger partial charge on any atom is -0.465 e. The van der Waals surface area contributed by atoms with Crippen LogP contribution in [0.4, 0.5) is 14.9 Å². The lowest BCUT2D eigenvalue weighted by molar-refractivity contribution is 0.210. The van der Waals surface area contributed by atoms with Crippen molar-refractivity contribution in [1.82, 2.24) is 0 Å². The van der Waals surface area contributed by atoms with Gasteiger partial charge in [-0.15, -0.1) is 11.3 Å². The van der Waals surface area contributed by atoms with Crippen LogP contribution in [-0.2, 0) is 0 Å². The number of hydrogen-bond acceptors (Lipinski definition) is 2. The van der Waals surface area contributed by atoms with Gasteiger partial charge in [0.05, 0.1) is 5.69 Å². The van der Waals surface area contributed by atoms with E-state index in [1.807, 2.05) is 18.4 Å². The van der Waals surface area contributed by atoms with Crippen LogP contribution in [0.15, 0.2) is 29.6 Å². The quantitative estimate of drug-likeness (QED) is 0.849. The molecular formula is C12H10FNO2S. The van der Waals surface area contributed by atoms with Crippen molar-refractivity contribution in [3.63, 3.8) is 0 Å². The number of carboxylic acid groups (broad SMARTS) is 1. The average Bonchev–Trinajstić information content (AvgIpc) is 2.67. The summed E-state index contributed by atoms with van der Waals surface area (Å²) in [5.74, 6) is -0.387. The lowest BCUT2D eigenvalue weighted by Crippen LogP contribution is -2.08. The molecule has 0 saturated carbocycles. The van der Waals surface area contributed by atoms with Gasteiger partial charge in [0.25, 0.3) is 0 Å². The highest BCUT2D eigenvalue weighted by Gasteiger charge is 2.10. The molecular weight excluding hydrogens is 241 g/mol. The highest BCUT2D eigenvalue weighted by molar-refractivity contribution is 7.13. The lowest BCUT2D eigenvalue weighted by atomic mass is 10.1. The van der Waals surface area contributed by atoms with Gasteiger partial charge in [-0.25, -0.2) is 9.18 Å². The van der Waals surface area contributed by atoms with Crippen LogP contribution in [0.5, 0.6) is 0 Å². The Hall–Kier alpha value is -1.88. The first-order valence-corrected chi connectivity index (χ1v) is 5.79. The number of amides is 1. The summed E-state index contributed by atoms with van der Waals surface area (Å²) in [5, 5.41) is 12.9. The number of carbonyl (C=O) groups is 1. The normalized spacial score (nSPS) is 10.2. The van der Waals surface area contributed by atoms with E-state index >= 15 is 0 Å². The minimum absolute atomic E-state index is 0.387. The molecule has 1 amide bonds. The SMILES string of the molecule is Cc1csc(-c2cc(F)ccc2NC(=O)O)c1. The highest BCUT2D eigenvalue weighted by Crippen LogP contribution is 2.33. The first kappa shape index (κ1) is 11.6. The van der Waals surface area contributed by atoms with Gasteiger partial charge in [-0.2, -0.15) is 0 Å². The van der Waals surface area contributed by atoms with Crippen LogP contribution in [0, 0.1) is 12.7 Å². The topological polar surface area (TPSA) is 49.3 Å². The fourth-order valence-corrected chi connectivity index (χ4v) is 2.45. The van der Waals surface area contributed by atoms with Gasteiger partial charge in [-0.1, -0.05) is 0 Å². The lowest BCUT2D eigenvalue weighted by Gasteiger charge is -2.07. The molecule has 5 heteroatoms. The van der Waals surface area contributed by atoms with Crippen molar-refractivity contribution >= 4 is 23.1 Å². The van der Waals surface area contributed by atoms with E-state index in [-0.39, 0.29) is 5.82 Å². The van der Waals surface area contributed by atoms with Crippen LogP contribution >= 0.6 is 11.3 Å². The summed E-state index contributed by atoms with van der Waals surface area (Å²) in [6, 6.07) is 5.88. The standard InChI is InChI=1S/C12H10FNO2S/c1-7-4-11(17-6-7)9-5-8(13)2-3-10(9)14-12(15)16/h2-6,14H,1H3,(H,15,16). The van der Waals surface area contributed by atoms with Gasteiger partial charge >= 0.3 is 6.09 Å². The average molecular weight is 251 g/mol. The van der Waals surface area contributed by atoms with Gasteiger partial charge in [0.2, 0.25) is 0 Å². The molecule has 17 heavy (non-hydrogen) atoms. The zero-order valence-corrected chi connectivity index (χ0v) is 9.84. The van der Waals surface area contributed by atoms with E-state index in [1.54, 1.807) is 0 Å². The van der Waals surface area contributed by atoms with E-state index in [9.17, 15) is 9.18 Å². The molecule has 2 N–H and O–H groups in total. The second-order valence-corrected chi connectivity index (χ2v) is 4.52. The third kappa shape index (κ3) is 2.62. The van der Waals surface area contributed by atoms with Crippen molar-refractivity contribution in [2.45, 2.75) is 6.92 Å². The number of halogens is 1. The third-order valence-electron chi connectivity index (χ3n) is 2.22. The first-order valence-electron chi connectivity index (χ1n) is 4.91. The van der Waals surface area contributed by atoms with Gasteiger partial charge in [-0.3, -0.25) is 5.32 Å². The summed E-state index contributed by atoms with van der Waals surface area (Å²) in [7, 11) is 0. The second-order valence-electron chi connectivity index (χ2n) is 3.61. The fraction of sp³-hybridized carbons (Fsp3) is 0.0833. The van der Waals surface area contributed by atoms with Crippen molar-refractivity contribution in [3.8, 4) is 10.4 Å². The summed E-state index contributed by atoms with van der Waals surface area (Å²) in [5.41, 5.74) is 2.02. The molecule has 0 aliphatic rings. The van der Waals surface area contributed by atoms with Gasteiger partial charge in [0.15, 0.2) is 0 Å². The summed E-state index contributed by atoms with van der Waals surface area (Å²) in [6.07, 6.45) is -1.16. The van der Waals surface area contributed by atoms with Crippen LogP contribution in [-0.4, -0.2) is 11.2 Å². The van der Waals surface area contributed by atoms with Crippen molar-refractivity contribution in [2.75, 3.05) is 5.32 Å².